The van der Waals surface area contributed by atoms with Crippen LogP contribution in [-0.4, -0.2) is 30.6 Å². The summed E-state index contributed by atoms with van der Waals surface area (Å²) in [5, 5.41) is 6.45. The maximum absolute atomic E-state index is 13.9. The van der Waals surface area contributed by atoms with E-state index in [1.54, 1.807) is 12.3 Å². The van der Waals surface area contributed by atoms with Crippen LogP contribution in [-0.2, 0) is 13.0 Å². The van der Waals surface area contributed by atoms with Gasteiger partial charge in [0.1, 0.15) is 0 Å². The summed E-state index contributed by atoms with van der Waals surface area (Å²) in [4.78, 5) is 8.79. The second kappa shape index (κ2) is 10.3. The molecule has 2 N–H and O–H groups in total. The van der Waals surface area contributed by atoms with Gasteiger partial charge >= 0.3 is 0 Å². The Labute approximate surface area is 148 Å². The van der Waals surface area contributed by atoms with Crippen molar-refractivity contribution in [3.63, 3.8) is 0 Å². The molecule has 2 rings (SSSR count). The fourth-order valence-corrected chi connectivity index (χ4v) is 2.28. The van der Waals surface area contributed by atoms with Crippen LogP contribution < -0.4 is 15.4 Å². The molecule has 0 bridgehead atoms. The molecule has 2 aromatic rings. The molecule has 0 atom stereocenters. The smallest absolute Gasteiger partial charge is 0.191 e. The third-order valence-corrected chi connectivity index (χ3v) is 3.46. The summed E-state index contributed by atoms with van der Waals surface area (Å²) < 4.78 is 19.1. The van der Waals surface area contributed by atoms with Gasteiger partial charge in [-0.05, 0) is 43.7 Å². The van der Waals surface area contributed by atoms with Crippen LogP contribution in [0.15, 0.2) is 47.6 Å². The van der Waals surface area contributed by atoms with Crippen molar-refractivity contribution in [2.45, 2.75) is 26.8 Å². The summed E-state index contributed by atoms with van der Waals surface area (Å²) in [6.45, 7) is 6.15. The maximum Gasteiger partial charge on any atom is 0.191 e. The summed E-state index contributed by atoms with van der Waals surface area (Å²) in [6, 6.07) is 10.8. The molecule has 25 heavy (non-hydrogen) atoms. The highest BCUT2D eigenvalue weighted by atomic mass is 19.1. The minimum Gasteiger partial charge on any atom is -0.491 e. The van der Waals surface area contributed by atoms with E-state index in [0.717, 1.165) is 30.8 Å². The van der Waals surface area contributed by atoms with Crippen molar-refractivity contribution >= 4 is 5.96 Å². The molecule has 0 spiro atoms. The second-order valence-electron chi connectivity index (χ2n) is 5.39. The zero-order valence-electron chi connectivity index (χ0n) is 14.8. The molecule has 0 amide bonds. The largest absolute Gasteiger partial charge is 0.491 e. The Morgan fingerprint density at radius 2 is 2.08 bits per heavy atom. The molecule has 0 saturated carbocycles. The molecule has 5 nitrogen and oxygen atoms in total. The van der Waals surface area contributed by atoms with Crippen molar-refractivity contribution in [3.8, 4) is 5.75 Å². The molecular formula is C19H25FN4O. The standard InChI is InChI=1S/C19H25FN4O/c1-3-21-19(23-12-10-16-7-5-6-11-22-16)24-14-15-8-9-18(25-4-2)17(20)13-15/h5-9,11,13H,3-4,10,12,14H2,1-2H3,(H2,21,23,24). The highest BCUT2D eigenvalue weighted by Gasteiger charge is 2.04. The Kier molecular flexibility index (Phi) is 7.69. The molecule has 134 valence electrons. The van der Waals surface area contributed by atoms with Crippen LogP contribution in [0.4, 0.5) is 4.39 Å². The molecule has 1 heterocycles. The summed E-state index contributed by atoms with van der Waals surface area (Å²) in [5.41, 5.74) is 1.82. The number of ether oxygens (including phenoxy) is 1. The highest BCUT2D eigenvalue weighted by molar-refractivity contribution is 5.79. The van der Waals surface area contributed by atoms with Crippen LogP contribution in [0.5, 0.6) is 5.75 Å². The Morgan fingerprint density at radius 3 is 2.76 bits per heavy atom. The fourth-order valence-electron chi connectivity index (χ4n) is 2.28. The Morgan fingerprint density at radius 1 is 1.20 bits per heavy atom. The fraction of sp³-hybridized carbons (Fsp3) is 0.368. The van der Waals surface area contributed by atoms with Crippen molar-refractivity contribution in [3.05, 3.63) is 59.7 Å². The summed E-state index contributed by atoms with van der Waals surface area (Å²) >= 11 is 0. The lowest BCUT2D eigenvalue weighted by Crippen LogP contribution is -2.38. The zero-order valence-corrected chi connectivity index (χ0v) is 14.8. The zero-order chi connectivity index (χ0) is 17.9. The van der Waals surface area contributed by atoms with Gasteiger partial charge in [-0.25, -0.2) is 9.38 Å². The van der Waals surface area contributed by atoms with Gasteiger partial charge in [0.15, 0.2) is 17.5 Å². The molecule has 6 heteroatoms. The van der Waals surface area contributed by atoms with Gasteiger partial charge < -0.3 is 15.4 Å². The van der Waals surface area contributed by atoms with E-state index in [1.807, 2.05) is 38.1 Å². The minimum absolute atomic E-state index is 0.274. The highest BCUT2D eigenvalue weighted by Crippen LogP contribution is 2.18. The van der Waals surface area contributed by atoms with Crippen LogP contribution in [0.2, 0.25) is 0 Å². The first-order valence-electron chi connectivity index (χ1n) is 8.56. The van der Waals surface area contributed by atoms with Gasteiger partial charge in [-0.2, -0.15) is 0 Å². The van der Waals surface area contributed by atoms with Crippen molar-refractivity contribution in [1.82, 2.24) is 15.6 Å². The number of rotatable bonds is 8. The van der Waals surface area contributed by atoms with Crippen molar-refractivity contribution in [2.75, 3.05) is 19.7 Å². The van der Waals surface area contributed by atoms with Crippen LogP contribution in [0.1, 0.15) is 25.1 Å². The van der Waals surface area contributed by atoms with Gasteiger partial charge in [-0.1, -0.05) is 12.1 Å². The number of benzene rings is 1. The molecule has 0 aliphatic rings. The molecule has 1 aromatic carbocycles. The van der Waals surface area contributed by atoms with E-state index in [1.165, 1.54) is 6.07 Å². The van der Waals surface area contributed by atoms with E-state index in [9.17, 15) is 4.39 Å². The number of aliphatic imine (C=N–C) groups is 1. The quantitative estimate of drug-likeness (QED) is 0.571. The van der Waals surface area contributed by atoms with Crippen molar-refractivity contribution in [2.24, 2.45) is 4.99 Å². The number of hydrogen-bond acceptors (Lipinski definition) is 3. The van der Waals surface area contributed by atoms with Crippen LogP contribution in [0.25, 0.3) is 0 Å². The Balaban J connectivity index is 1.91. The number of nitrogens with zero attached hydrogens (tertiary/aromatic N) is 2. The summed E-state index contributed by atoms with van der Waals surface area (Å²) in [5.74, 6) is 0.617. The van der Waals surface area contributed by atoms with E-state index in [0.29, 0.717) is 19.1 Å². The van der Waals surface area contributed by atoms with Crippen LogP contribution in [0.3, 0.4) is 0 Å². The first kappa shape index (κ1) is 18.7. The first-order valence-corrected chi connectivity index (χ1v) is 8.56. The summed E-state index contributed by atoms with van der Waals surface area (Å²) in [7, 11) is 0. The second-order valence-corrected chi connectivity index (χ2v) is 5.39. The van der Waals surface area contributed by atoms with Gasteiger partial charge in [-0.15, -0.1) is 0 Å². The monoisotopic (exact) mass is 344 g/mol. The number of pyridine rings is 1. The number of halogens is 1. The van der Waals surface area contributed by atoms with E-state index < -0.39 is 0 Å². The van der Waals surface area contributed by atoms with Gasteiger partial charge in [0, 0.05) is 31.4 Å². The molecule has 0 saturated heterocycles. The average Bonchev–Trinajstić information content (AvgIpc) is 2.63. The van der Waals surface area contributed by atoms with E-state index in [4.69, 9.17) is 4.74 Å². The molecule has 0 aliphatic carbocycles. The Hall–Kier alpha value is -2.63. The third kappa shape index (κ3) is 6.41. The lowest BCUT2D eigenvalue weighted by Gasteiger charge is -2.11. The molecule has 1 aromatic heterocycles. The molecule has 0 radical (unpaired) electrons. The normalized spacial score (nSPS) is 11.2. The topological polar surface area (TPSA) is 58.5 Å². The molecule has 0 fully saturated rings. The lowest BCUT2D eigenvalue weighted by molar-refractivity contribution is 0.321. The van der Waals surface area contributed by atoms with Gasteiger partial charge in [0.05, 0.1) is 13.2 Å². The average molecular weight is 344 g/mol. The predicted molar refractivity (Wildman–Crippen MR) is 98.3 cm³/mol. The predicted octanol–water partition coefficient (Wildman–Crippen LogP) is 2.92. The van der Waals surface area contributed by atoms with Crippen molar-refractivity contribution < 1.29 is 9.13 Å². The summed E-state index contributed by atoms with van der Waals surface area (Å²) in [6.07, 6.45) is 2.60. The lowest BCUT2D eigenvalue weighted by atomic mass is 10.2. The van der Waals surface area contributed by atoms with Crippen molar-refractivity contribution in [1.29, 1.82) is 0 Å². The van der Waals surface area contributed by atoms with Gasteiger partial charge in [-0.3, -0.25) is 4.98 Å². The number of aromatic nitrogens is 1. The molecular weight excluding hydrogens is 319 g/mol. The van der Waals surface area contributed by atoms with Gasteiger partial charge in [0.25, 0.3) is 0 Å². The number of hydrogen-bond donors (Lipinski definition) is 2. The molecule has 0 unspecified atom stereocenters. The number of guanidine groups is 1. The maximum atomic E-state index is 13.9. The SMILES string of the molecule is CCNC(=NCc1ccc(OCC)c(F)c1)NCCc1ccccn1. The minimum atomic E-state index is -0.359. The van der Waals surface area contributed by atoms with Gasteiger partial charge in [0.2, 0.25) is 0 Å². The van der Waals surface area contributed by atoms with E-state index >= 15 is 0 Å². The first-order chi connectivity index (χ1) is 12.2. The third-order valence-electron chi connectivity index (χ3n) is 3.46. The van der Waals surface area contributed by atoms with E-state index in [-0.39, 0.29) is 11.6 Å². The van der Waals surface area contributed by atoms with E-state index in [2.05, 4.69) is 20.6 Å². The number of nitrogens with one attached hydrogen (secondary N) is 2. The van der Waals surface area contributed by atoms with Crippen LogP contribution in [0, 0.1) is 5.82 Å². The Bertz CT molecular complexity index is 676. The molecule has 0 aliphatic heterocycles. The van der Waals surface area contributed by atoms with Crippen LogP contribution >= 0.6 is 0 Å².